The molecule has 0 aliphatic heterocycles. The smallest absolute Gasteiger partial charge is 0.414 e. The summed E-state index contributed by atoms with van der Waals surface area (Å²) < 4.78 is 13.4. The van der Waals surface area contributed by atoms with Gasteiger partial charge >= 0.3 is 11.9 Å². The lowest BCUT2D eigenvalue weighted by atomic mass is 9.96. The molecule has 0 saturated heterocycles. The maximum atomic E-state index is 13.4. The highest BCUT2D eigenvalue weighted by Crippen LogP contribution is 2.31. The predicted molar refractivity (Wildman–Crippen MR) is 99.8 cm³/mol. The van der Waals surface area contributed by atoms with Crippen LogP contribution >= 0.6 is 0 Å². The van der Waals surface area contributed by atoms with Gasteiger partial charge in [-0.05, 0) is 60.7 Å². The van der Waals surface area contributed by atoms with Crippen molar-refractivity contribution in [2.45, 2.75) is 18.9 Å². The van der Waals surface area contributed by atoms with Crippen molar-refractivity contribution in [1.29, 1.82) is 5.26 Å². The van der Waals surface area contributed by atoms with E-state index in [1.807, 2.05) is 18.2 Å². The maximum Gasteiger partial charge on any atom is 0.414 e. The number of nitriles is 1. The highest BCUT2D eigenvalue weighted by atomic mass is 19.1. The summed E-state index contributed by atoms with van der Waals surface area (Å²) in [5.74, 6) is -3.33. The van der Waals surface area contributed by atoms with Gasteiger partial charge in [0.15, 0.2) is 0 Å². The summed E-state index contributed by atoms with van der Waals surface area (Å²) in [5, 5.41) is 27.4. The number of nitrogens with zero attached hydrogens (tertiary/aromatic N) is 1. The van der Waals surface area contributed by atoms with Crippen LogP contribution in [0.15, 0.2) is 42.5 Å². The van der Waals surface area contributed by atoms with Crippen LogP contribution in [0.3, 0.4) is 0 Å². The van der Waals surface area contributed by atoms with Crippen molar-refractivity contribution in [1.82, 2.24) is 5.32 Å². The van der Waals surface area contributed by atoms with Crippen molar-refractivity contribution in [3.8, 4) is 6.07 Å². The van der Waals surface area contributed by atoms with Gasteiger partial charge in [-0.3, -0.25) is 0 Å². The third kappa shape index (κ3) is 6.07. The van der Waals surface area contributed by atoms with Crippen LogP contribution in [0.2, 0.25) is 0 Å². The van der Waals surface area contributed by atoms with Crippen LogP contribution in [0.4, 0.5) is 10.1 Å². The Kier molecular flexibility index (Phi) is 7.07. The fourth-order valence-electron chi connectivity index (χ4n) is 2.56. The molecule has 28 heavy (non-hydrogen) atoms. The Morgan fingerprint density at radius 3 is 2.36 bits per heavy atom. The van der Waals surface area contributed by atoms with Crippen LogP contribution in [-0.2, 0) is 9.59 Å². The number of carboxylic acids is 2. The number of halogens is 1. The number of nitrogen functional groups attached to an aromatic ring is 1. The molecule has 3 rings (SSSR count). The third-order valence-corrected chi connectivity index (χ3v) is 4.19. The van der Waals surface area contributed by atoms with Crippen LogP contribution in [0.5, 0.6) is 0 Å². The highest BCUT2D eigenvalue weighted by molar-refractivity contribution is 6.27. The monoisotopic (exact) mass is 385 g/mol. The molecule has 1 aliphatic rings. The van der Waals surface area contributed by atoms with Gasteiger partial charge in [0.25, 0.3) is 0 Å². The van der Waals surface area contributed by atoms with E-state index in [2.05, 4.69) is 11.4 Å². The molecule has 7 nitrogen and oxygen atoms in total. The second kappa shape index (κ2) is 9.48. The molecule has 1 aliphatic carbocycles. The summed E-state index contributed by atoms with van der Waals surface area (Å²) in [6.07, 6.45) is 2.51. The minimum Gasteiger partial charge on any atom is -0.473 e. The Morgan fingerprint density at radius 2 is 1.82 bits per heavy atom. The molecule has 0 unspecified atom stereocenters. The molecule has 0 amide bonds. The number of anilines is 1. The van der Waals surface area contributed by atoms with Crippen molar-refractivity contribution in [2.75, 3.05) is 12.3 Å². The number of nitrogens with one attached hydrogen (secondary N) is 1. The first kappa shape index (κ1) is 20.9. The van der Waals surface area contributed by atoms with E-state index in [0.717, 1.165) is 23.6 Å². The average Bonchev–Trinajstić information content (AvgIpc) is 3.50. The summed E-state index contributed by atoms with van der Waals surface area (Å²) in [7, 11) is 0. The Balaban J connectivity index is 0.000000409. The topological polar surface area (TPSA) is 136 Å². The summed E-state index contributed by atoms with van der Waals surface area (Å²) >= 11 is 0. The molecule has 1 saturated carbocycles. The molecule has 0 radical (unpaired) electrons. The molecule has 0 aromatic heterocycles. The zero-order valence-electron chi connectivity index (χ0n) is 14.9. The summed E-state index contributed by atoms with van der Waals surface area (Å²) in [6.45, 7) is 0.915. The third-order valence-electron chi connectivity index (χ3n) is 4.19. The predicted octanol–water partition coefficient (Wildman–Crippen LogP) is 2.52. The van der Waals surface area contributed by atoms with E-state index >= 15 is 0 Å². The lowest BCUT2D eigenvalue weighted by Gasteiger charge is -2.20. The van der Waals surface area contributed by atoms with Gasteiger partial charge in [-0.15, -0.1) is 0 Å². The van der Waals surface area contributed by atoms with Crippen molar-refractivity contribution in [3.63, 3.8) is 0 Å². The van der Waals surface area contributed by atoms with Gasteiger partial charge < -0.3 is 21.3 Å². The molecule has 0 heterocycles. The second-order valence-corrected chi connectivity index (χ2v) is 6.41. The number of benzene rings is 2. The van der Waals surface area contributed by atoms with Crippen LogP contribution in [-0.4, -0.2) is 28.7 Å². The highest BCUT2D eigenvalue weighted by Gasteiger charge is 2.23. The fourth-order valence-corrected chi connectivity index (χ4v) is 2.56. The van der Waals surface area contributed by atoms with E-state index in [4.69, 9.17) is 30.8 Å². The van der Waals surface area contributed by atoms with Crippen LogP contribution in [0.1, 0.15) is 35.6 Å². The van der Waals surface area contributed by atoms with E-state index in [1.54, 1.807) is 18.2 Å². The SMILES string of the molecule is N#Cc1cccc([C@@H](NCC2CC2)c2ccc(F)c(N)c2)c1.O=C(O)C(=O)O. The number of hydrogen-bond acceptors (Lipinski definition) is 5. The minimum atomic E-state index is -1.82. The number of nitrogens with two attached hydrogens (primary N) is 1. The molecule has 5 N–H and O–H groups in total. The first-order valence-electron chi connectivity index (χ1n) is 8.56. The van der Waals surface area contributed by atoms with E-state index in [0.29, 0.717) is 5.56 Å². The van der Waals surface area contributed by atoms with E-state index in [9.17, 15) is 4.39 Å². The van der Waals surface area contributed by atoms with Gasteiger partial charge in [0.1, 0.15) is 5.82 Å². The maximum absolute atomic E-state index is 13.4. The number of aliphatic carboxylic acids is 2. The van der Waals surface area contributed by atoms with E-state index < -0.39 is 17.8 Å². The molecule has 8 heteroatoms. The molecule has 2 aromatic rings. The average molecular weight is 385 g/mol. The number of rotatable bonds is 5. The van der Waals surface area contributed by atoms with Gasteiger partial charge in [-0.1, -0.05) is 18.2 Å². The van der Waals surface area contributed by atoms with E-state index in [1.165, 1.54) is 18.9 Å². The van der Waals surface area contributed by atoms with Gasteiger partial charge in [-0.2, -0.15) is 5.26 Å². The number of carbonyl (C=O) groups is 2. The van der Waals surface area contributed by atoms with Crippen molar-refractivity contribution in [3.05, 3.63) is 65.0 Å². The molecular formula is C20H20FN3O4. The molecule has 0 bridgehead atoms. The standard InChI is InChI=1S/C18H18FN3.C2H2O4/c19-16-7-6-15(9-17(16)21)18(22-11-12-4-5-12)14-3-1-2-13(8-14)10-20;3-1(4)2(5)6/h1-3,6-9,12,18,22H,4-5,11,21H2;(H,3,4)(H,5,6)/t18-;/m1./s1. The lowest BCUT2D eigenvalue weighted by Crippen LogP contribution is -2.24. The van der Waals surface area contributed by atoms with E-state index in [-0.39, 0.29) is 11.7 Å². The Morgan fingerprint density at radius 1 is 1.18 bits per heavy atom. The molecule has 0 spiro atoms. The largest absolute Gasteiger partial charge is 0.473 e. The number of carboxylic acid groups (broad SMARTS) is 2. The summed E-state index contributed by atoms with van der Waals surface area (Å²) in [6, 6.07) is 14.4. The fraction of sp³-hybridized carbons (Fsp3) is 0.250. The second-order valence-electron chi connectivity index (χ2n) is 6.41. The number of hydrogen-bond donors (Lipinski definition) is 4. The normalized spacial score (nSPS) is 13.6. The summed E-state index contributed by atoms with van der Waals surface area (Å²) in [4.78, 5) is 18.2. The van der Waals surface area contributed by atoms with Crippen LogP contribution in [0.25, 0.3) is 0 Å². The molecular weight excluding hydrogens is 365 g/mol. The Labute approximate surface area is 161 Å². The molecule has 1 fully saturated rings. The van der Waals surface area contributed by atoms with Crippen LogP contribution < -0.4 is 11.1 Å². The lowest BCUT2D eigenvalue weighted by molar-refractivity contribution is -0.159. The van der Waals surface area contributed by atoms with Crippen LogP contribution in [0, 0.1) is 23.1 Å². The quantitative estimate of drug-likeness (QED) is 0.458. The van der Waals surface area contributed by atoms with Crippen molar-refractivity contribution < 1.29 is 24.2 Å². The van der Waals surface area contributed by atoms with Crippen molar-refractivity contribution >= 4 is 17.6 Å². The minimum absolute atomic E-state index is 0.0863. The van der Waals surface area contributed by atoms with Gasteiger partial charge in [0.05, 0.1) is 23.4 Å². The van der Waals surface area contributed by atoms with Gasteiger partial charge in [-0.25, -0.2) is 14.0 Å². The molecule has 2 aromatic carbocycles. The Hall–Kier alpha value is -3.44. The zero-order valence-corrected chi connectivity index (χ0v) is 14.9. The van der Waals surface area contributed by atoms with Gasteiger partial charge in [0, 0.05) is 0 Å². The summed E-state index contributed by atoms with van der Waals surface area (Å²) in [5.41, 5.74) is 8.37. The van der Waals surface area contributed by atoms with Crippen molar-refractivity contribution in [2.24, 2.45) is 5.92 Å². The Bertz CT molecular complexity index is 895. The molecule has 146 valence electrons. The zero-order chi connectivity index (χ0) is 20.7. The molecule has 1 atom stereocenters. The first-order chi connectivity index (χ1) is 13.3. The van der Waals surface area contributed by atoms with Gasteiger partial charge in [0.2, 0.25) is 0 Å². The first-order valence-corrected chi connectivity index (χ1v) is 8.56.